The number of aromatic nitrogens is 2. The van der Waals surface area contributed by atoms with E-state index >= 15 is 0 Å². The van der Waals surface area contributed by atoms with Crippen LogP contribution in [0.25, 0.3) is 0 Å². The second-order valence-corrected chi connectivity index (χ2v) is 8.76. The van der Waals surface area contributed by atoms with Crippen molar-refractivity contribution >= 4 is 10.0 Å². The average molecular weight is 398 g/mol. The summed E-state index contributed by atoms with van der Waals surface area (Å²) in [5.74, 6) is 0. The molecule has 1 aliphatic heterocycles. The first-order valence-corrected chi connectivity index (χ1v) is 10.8. The van der Waals surface area contributed by atoms with Crippen LogP contribution in [0.5, 0.6) is 0 Å². The van der Waals surface area contributed by atoms with Crippen LogP contribution in [-0.2, 0) is 27.7 Å². The fraction of sp³-hybridized carbons (Fsp3) is 0.286. The minimum atomic E-state index is -3.59. The van der Waals surface area contributed by atoms with E-state index in [9.17, 15) is 8.42 Å². The molecule has 2 heterocycles. The van der Waals surface area contributed by atoms with Gasteiger partial charge in [0.2, 0.25) is 10.0 Å². The zero-order valence-corrected chi connectivity index (χ0v) is 16.5. The summed E-state index contributed by atoms with van der Waals surface area (Å²) >= 11 is 0. The van der Waals surface area contributed by atoms with Crippen LogP contribution >= 0.6 is 0 Å². The Morgan fingerprint density at radius 2 is 1.89 bits per heavy atom. The molecule has 0 bridgehead atoms. The Kier molecular flexibility index (Phi) is 5.30. The van der Waals surface area contributed by atoms with Crippen molar-refractivity contribution in [2.45, 2.75) is 30.9 Å². The molecule has 0 radical (unpaired) electrons. The van der Waals surface area contributed by atoms with Crippen LogP contribution in [0, 0.1) is 6.92 Å². The van der Waals surface area contributed by atoms with Gasteiger partial charge in [0.05, 0.1) is 23.7 Å². The highest BCUT2D eigenvalue weighted by atomic mass is 32.2. The second kappa shape index (κ2) is 7.87. The molecule has 1 aliphatic rings. The zero-order valence-electron chi connectivity index (χ0n) is 15.7. The van der Waals surface area contributed by atoms with Gasteiger partial charge in [0.1, 0.15) is 6.10 Å². The van der Waals surface area contributed by atoms with Crippen LogP contribution in [0.2, 0.25) is 0 Å². The van der Waals surface area contributed by atoms with E-state index in [-0.39, 0.29) is 17.5 Å². The summed E-state index contributed by atoms with van der Waals surface area (Å²) in [6, 6.07) is 16.9. The molecule has 1 unspecified atom stereocenters. The summed E-state index contributed by atoms with van der Waals surface area (Å²) in [6.07, 6.45) is 2.43. The van der Waals surface area contributed by atoms with Gasteiger partial charge < -0.3 is 4.74 Å². The molecule has 2 aromatic carbocycles. The van der Waals surface area contributed by atoms with E-state index in [0.717, 1.165) is 23.2 Å². The van der Waals surface area contributed by atoms with E-state index in [4.69, 9.17) is 4.74 Å². The third kappa shape index (κ3) is 4.16. The molecule has 0 fully saturated rings. The third-order valence-electron chi connectivity index (χ3n) is 4.84. The van der Waals surface area contributed by atoms with Gasteiger partial charge in [-0.2, -0.15) is 5.10 Å². The van der Waals surface area contributed by atoms with Crippen molar-refractivity contribution in [2.75, 3.05) is 13.2 Å². The number of hydrogen-bond acceptors (Lipinski definition) is 4. The van der Waals surface area contributed by atoms with Crippen molar-refractivity contribution in [3.05, 3.63) is 83.2 Å². The number of benzene rings is 2. The minimum absolute atomic E-state index is 0.158. The van der Waals surface area contributed by atoms with Crippen molar-refractivity contribution < 1.29 is 13.2 Å². The normalized spacial score (nSPS) is 16.7. The largest absolute Gasteiger partial charge is 0.370 e. The highest BCUT2D eigenvalue weighted by Crippen LogP contribution is 2.26. The smallest absolute Gasteiger partial charge is 0.240 e. The second-order valence-electron chi connectivity index (χ2n) is 7.00. The number of fused-ring (bicyclic) bond motifs is 1. The summed E-state index contributed by atoms with van der Waals surface area (Å²) in [6.45, 7) is 3.31. The number of sulfonamides is 1. The number of hydrogen-bond donors (Lipinski definition) is 1. The molecule has 3 aromatic rings. The van der Waals surface area contributed by atoms with Crippen molar-refractivity contribution in [3.63, 3.8) is 0 Å². The fourth-order valence-corrected chi connectivity index (χ4v) is 4.36. The van der Waals surface area contributed by atoms with Gasteiger partial charge in [-0.15, -0.1) is 0 Å². The first-order valence-electron chi connectivity index (χ1n) is 9.29. The summed E-state index contributed by atoms with van der Waals surface area (Å²) in [5, 5.41) is 4.67. The minimum Gasteiger partial charge on any atom is -0.370 e. The molecular formula is C21H23N3O3S. The molecule has 0 spiro atoms. The Hall–Kier alpha value is -2.48. The molecule has 4 rings (SSSR count). The van der Waals surface area contributed by atoms with Crippen LogP contribution in [0.1, 0.15) is 28.5 Å². The maximum atomic E-state index is 12.6. The molecule has 1 aromatic heterocycles. The average Bonchev–Trinajstić information content (AvgIpc) is 3.10. The Labute approximate surface area is 165 Å². The predicted octanol–water partition coefficient (Wildman–Crippen LogP) is 2.83. The summed E-state index contributed by atoms with van der Waals surface area (Å²) < 4.78 is 35.5. The molecule has 0 amide bonds. The molecule has 28 heavy (non-hydrogen) atoms. The van der Waals surface area contributed by atoms with Crippen molar-refractivity contribution in [1.29, 1.82) is 0 Å². The number of ether oxygens (including phenoxy) is 1. The third-order valence-corrected chi connectivity index (χ3v) is 6.28. The predicted molar refractivity (Wildman–Crippen MR) is 107 cm³/mol. The van der Waals surface area contributed by atoms with E-state index in [0.29, 0.717) is 13.2 Å². The number of rotatable bonds is 6. The Morgan fingerprint density at radius 3 is 2.64 bits per heavy atom. The topological polar surface area (TPSA) is 73.2 Å². The lowest BCUT2D eigenvalue weighted by Crippen LogP contribution is -2.32. The van der Waals surface area contributed by atoms with Gasteiger partial charge in [-0.1, -0.05) is 48.0 Å². The van der Waals surface area contributed by atoms with Gasteiger partial charge in [-0.25, -0.2) is 13.1 Å². The van der Waals surface area contributed by atoms with Gasteiger partial charge >= 0.3 is 0 Å². The number of aryl methyl sites for hydroxylation is 1. The van der Waals surface area contributed by atoms with Crippen LogP contribution in [0.15, 0.2) is 65.7 Å². The standard InChI is InChI=1S/C21H23N3O3S/c1-16-7-9-19(10-8-16)28(25,26)22-13-20-21-18(11-12-27-20)15-24(23-21)14-17-5-3-2-4-6-17/h2-10,15,20,22H,11-14H2,1H3. The van der Waals surface area contributed by atoms with Gasteiger partial charge in [0.25, 0.3) is 0 Å². The summed E-state index contributed by atoms with van der Waals surface area (Å²) in [4.78, 5) is 0.253. The maximum Gasteiger partial charge on any atom is 0.240 e. The van der Waals surface area contributed by atoms with Gasteiger partial charge in [0, 0.05) is 12.7 Å². The Morgan fingerprint density at radius 1 is 1.14 bits per heavy atom. The van der Waals surface area contributed by atoms with Gasteiger partial charge in [-0.3, -0.25) is 4.68 Å². The molecule has 1 N–H and O–H groups in total. The molecular weight excluding hydrogens is 374 g/mol. The van der Waals surface area contributed by atoms with Crippen LogP contribution < -0.4 is 4.72 Å². The molecule has 0 aliphatic carbocycles. The molecule has 146 valence electrons. The quantitative estimate of drug-likeness (QED) is 0.694. The van der Waals surface area contributed by atoms with Crippen molar-refractivity contribution in [3.8, 4) is 0 Å². The summed E-state index contributed by atoms with van der Waals surface area (Å²) in [7, 11) is -3.59. The van der Waals surface area contributed by atoms with E-state index in [1.807, 2.05) is 36.0 Å². The fourth-order valence-electron chi connectivity index (χ4n) is 3.32. The first-order chi connectivity index (χ1) is 13.5. The Balaban J connectivity index is 1.48. The van der Waals surface area contributed by atoms with Crippen LogP contribution in [0.3, 0.4) is 0 Å². The van der Waals surface area contributed by atoms with E-state index < -0.39 is 10.0 Å². The number of nitrogens with one attached hydrogen (secondary N) is 1. The van der Waals surface area contributed by atoms with E-state index in [1.165, 1.54) is 5.56 Å². The SMILES string of the molecule is Cc1ccc(S(=O)(=O)NCC2OCCc3cn(Cc4ccccc4)nc32)cc1. The molecule has 0 saturated heterocycles. The highest BCUT2D eigenvalue weighted by molar-refractivity contribution is 7.89. The maximum absolute atomic E-state index is 12.6. The van der Waals surface area contributed by atoms with E-state index in [2.05, 4.69) is 22.0 Å². The lowest BCUT2D eigenvalue weighted by molar-refractivity contribution is 0.0430. The molecule has 0 saturated carbocycles. The van der Waals surface area contributed by atoms with E-state index in [1.54, 1.807) is 24.3 Å². The first kappa shape index (κ1) is 18.9. The molecule has 6 nitrogen and oxygen atoms in total. The van der Waals surface area contributed by atoms with Gasteiger partial charge in [-0.05, 0) is 36.6 Å². The summed E-state index contributed by atoms with van der Waals surface area (Å²) in [5.41, 5.74) is 4.11. The highest BCUT2D eigenvalue weighted by Gasteiger charge is 2.26. The van der Waals surface area contributed by atoms with Gasteiger partial charge in [0.15, 0.2) is 0 Å². The lowest BCUT2D eigenvalue weighted by Gasteiger charge is -2.22. The Bertz CT molecular complexity index is 1040. The molecule has 7 heteroatoms. The monoisotopic (exact) mass is 397 g/mol. The lowest BCUT2D eigenvalue weighted by atomic mass is 10.1. The zero-order chi connectivity index (χ0) is 19.6. The number of nitrogens with zero attached hydrogens (tertiary/aromatic N) is 2. The van der Waals surface area contributed by atoms with Crippen LogP contribution in [-0.4, -0.2) is 31.3 Å². The van der Waals surface area contributed by atoms with Crippen LogP contribution in [0.4, 0.5) is 0 Å². The molecule has 1 atom stereocenters. The van der Waals surface area contributed by atoms with Crippen molar-refractivity contribution in [2.24, 2.45) is 0 Å². The van der Waals surface area contributed by atoms with Crippen molar-refractivity contribution in [1.82, 2.24) is 14.5 Å².